The molecule has 0 bridgehead atoms. The van der Waals surface area contributed by atoms with Crippen LogP contribution in [0.3, 0.4) is 0 Å². The minimum atomic E-state index is -3.98. The predicted octanol–water partition coefficient (Wildman–Crippen LogP) is 3.20. The molecule has 1 rings (SSSR count). The van der Waals surface area contributed by atoms with E-state index in [-0.39, 0.29) is 6.61 Å². The molecule has 0 aromatic heterocycles. The molecular formula is C11H12I2O4S. The van der Waals surface area contributed by atoms with Gasteiger partial charge in [-0.15, -0.1) is 0 Å². The van der Waals surface area contributed by atoms with Crippen molar-refractivity contribution in [2.75, 3.05) is 12.4 Å². The largest absolute Gasteiger partial charge is 0.491 e. The van der Waals surface area contributed by atoms with Gasteiger partial charge in [-0.2, -0.15) is 8.42 Å². The molecule has 7 heteroatoms. The third kappa shape index (κ3) is 4.67. The summed E-state index contributed by atoms with van der Waals surface area (Å²) in [6, 6.07) is 3.66. The van der Waals surface area contributed by atoms with Crippen LogP contribution in [-0.4, -0.2) is 25.3 Å². The van der Waals surface area contributed by atoms with Crippen LogP contribution in [0.15, 0.2) is 18.7 Å². The van der Waals surface area contributed by atoms with Gasteiger partial charge in [0, 0.05) is 3.57 Å². The Morgan fingerprint density at radius 2 is 2.00 bits per heavy atom. The molecule has 1 aromatic carbocycles. The Morgan fingerprint density at radius 1 is 1.39 bits per heavy atom. The molecule has 0 saturated carbocycles. The quantitative estimate of drug-likeness (QED) is 0.505. The number of hydrogen-bond donors (Lipinski definition) is 1. The fraction of sp³-hybridized carbons (Fsp3) is 0.273. The van der Waals surface area contributed by atoms with E-state index in [4.69, 9.17) is 9.29 Å². The van der Waals surface area contributed by atoms with E-state index in [0.29, 0.717) is 5.75 Å². The van der Waals surface area contributed by atoms with Gasteiger partial charge in [0.15, 0.2) is 0 Å². The van der Waals surface area contributed by atoms with Gasteiger partial charge >= 0.3 is 0 Å². The third-order valence-corrected chi connectivity index (χ3v) is 6.01. The lowest BCUT2D eigenvalue weighted by molar-refractivity contribution is 0.333. The molecule has 0 heterocycles. The summed E-state index contributed by atoms with van der Waals surface area (Å²) in [7, 11) is -3.98. The fourth-order valence-corrected chi connectivity index (χ4v) is 3.06. The highest BCUT2D eigenvalue weighted by molar-refractivity contribution is 14.1. The van der Waals surface area contributed by atoms with E-state index in [1.165, 1.54) is 0 Å². The summed E-state index contributed by atoms with van der Waals surface area (Å²) in [5.74, 6) is 0.190. The highest BCUT2D eigenvalue weighted by atomic mass is 127. The Balaban J connectivity index is 2.86. The Kier molecular flexibility index (Phi) is 5.87. The molecule has 1 N–H and O–H groups in total. The maximum atomic E-state index is 10.6. The monoisotopic (exact) mass is 494 g/mol. The maximum absolute atomic E-state index is 10.6. The van der Waals surface area contributed by atoms with E-state index in [1.807, 2.05) is 13.0 Å². The maximum Gasteiger partial charge on any atom is 0.268 e. The molecule has 0 radical (unpaired) electrons. The van der Waals surface area contributed by atoms with Gasteiger partial charge in [0.25, 0.3) is 10.1 Å². The van der Waals surface area contributed by atoms with E-state index in [2.05, 4.69) is 51.8 Å². The van der Waals surface area contributed by atoms with Crippen molar-refractivity contribution >= 4 is 60.9 Å². The van der Waals surface area contributed by atoms with Crippen molar-refractivity contribution in [1.82, 2.24) is 0 Å². The van der Waals surface area contributed by atoms with Gasteiger partial charge in [0.05, 0.1) is 3.57 Å². The normalized spacial score (nSPS) is 11.3. The lowest BCUT2D eigenvalue weighted by atomic mass is 10.1. The predicted molar refractivity (Wildman–Crippen MR) is 88.5 cm³/mol. The molecule has 4 nitrogen and oxygen atoms in total. The molecule has 0 fully saturated rings. The highest BCUT2D eigenvalue weighted by Gasteiger charge is 2.11. The summed E-state index contributed by atoms with van der Waals surface area (Å²) in [6.07, 6.45) is 0. The number of benzene rings is 1. The first-order valence-electron chi connectivity index (χ1n) is 4.94. The van der Waals surface area contributed by atoms with Crippen LogP contribution in [0.25, 0.3) is 5.57 Å². The summed E-state index contributed by atoms with van der Waals surface area (Å²) in [5.41, 5.74) is 2.00. The van der Waals surface area contributed by atoms with Crippen molar-refractivity contribution < 1.29 is 17.7 Å². The molecule has 0 aliphatic carbocycles. The molecule has 0 atom stereocenters. The summed E-state index contributed by atoms with van der Waals surface area (Å²) >= 11 is 4.34. The Morgan fingerprint density at radius 3 is 2.50 bits per heavy atom. The van der Waals surface area contributed by atoms with E-state index < -0.39 is 15.9 Å². The second-order valence-electron chi connectivity index (χ2n) is 3.65. The average Bonchev–Trinajstić information content (AvgIpc) is 2.22. The number of hydrogen-bond acceptors (Lipinski definition) is 3. The van der Waals surface area contributed by atoms with Gasteiger partial charge in [0.1, 0.15) is 18.1 Å². The topological polar surface area (TPSA) is 63.6 Å². The lowest BCUT2D eigenvalue weighted by Crippen LogP contribution is -2.13. The van der Waals surface area contributed by atoms with Gasteiger partial charge in [-0.05, 0) is 75.4 Å². The smallest absolute Gasteiger partial charge is 0.268 e. The van der Waals surface area contributed by atoms with E-state index in [1.54, 1.807) is 6.07 Å². The van der Waals surface area contributed by atoms with Crippen molar-refractivity contribution in [2.45, 2.75) is 6.92 Å². The Hall–Kier alpha value is 0.130. The van der Waals surface area contributed by atoms with Crippen LogP contribution in [-0.2, 0) is 10.1 Å². The first-order chi connectivity index (χ1) is 8.22. The standard InChI is InChI=1S/C11H12I2O4S/c1-7(2)8-3-4-9(11(13)10(8)12)17-5-6-18(14,15)16/h3-4H,1,5-6H2,2H3,(H,14,15,16). The zero-order valence-corrected chi connectivity index (χ0v) is 14.7. The number of rotatable bonds is 5. The van der Waals surface area contributed by atoms with Crippen molar-refractivity contribution in [1.29, 1.82) is 0 Å². The van der Waals surface area contributed by atoms with Crippen LogP contribution in [0.2, 0.25) is 0 Å². The summed E-state index contributed by atoms with van der Waals surface area (Å²) in [5, 5.41) is 0. The second-order valence-corrected chi connectivity index (χ2v) is 7.38. The Bertz CT molecular complexity index is 567. The number of halogens is 2. The van der Waals surface area contributed by atoms with Crippen LogP contribution >= 0.6 is 45.2 Å². The SMILES string of the molecule is C=C(C)c1ccc(OCCS(=O)(=O)O)c(I)c1I. The third-order valence-electron chi connectivity index (χ3n) is 2.11. The first-order valence-corrected chi connectivity index (χ1v) is 8.71. The van der Waals surface area contributed by atoms with Crippen LogP contribution in [0.5, 0.6) is 5.75 Å². The highest BCUT2D eigenvalue weighted by Crippen LogP contribution is 2.31. The van der Waals surface area contributed by atoms with Gasteiger partial charge in [-0.25, -0.2) is 0 Å². The van der Waals surface area contributed by atoms with Crippen LogP contribution in [0, 0.1) is 7.14 Å². The molecule has 0 aliphatic heterocycles. The van der Waals surface area contributed by atoms with E-state index in [9.17, 15) is 8.42 Å². The molecule has 0 unspecified atom stereocenters. The minimum absolute atomic E-state index is 0.0721. The molecular weight excluding hydrogens is 482 g/mol. The van der Waals surface area contributed by atoms with E-state index >= 15 is 0 Å². The molecule has 0 amide bonds. The minimum Gasteiger partial charge on any atom is -0.491 e. The summed E-state index contributed by atoms with van der Waals surface area (Å²) in [4.78, 5) is 0. The molecule has 18 heavy (non-hydrogen) atoms. The summed E-state index contributed by atoms with van der Waals surface area (Å²) in [6.45, 7) is 5.74. The van der Waals surface area contributed by atoms with Crippen molar-refractivity contribution in [3.8, 4) is 5.75 Å². The molecule has 0 spiro atoms. The van der Waals surface area contributed by atoms with Gasteiger partial charge in [0.2, 0.25) is 0 Å². The fourth-order valence-electron chi connectivity index (χ4n) is 1.23. The average molecular weight is 494 g/mol. The zero-order valence-electron chi connectivity index (χ0n) is 9.61. The first kappa shape index (κ1) is 16.2. The van der Waals surface area contributed by atoms with Crippen LogP contribution in [0.4, 0.5) is 0 Å². The lowest BCUT2D eigenvalue weighted by Gasteiger charge is -2.12. The van der Waals surface area contributed by atoms with Crippen molar-refractivity contribution in [3.05, 3.63) is 31.4 Å². The van der Waals surface area contributed by atoms with Gasteiger partial charge in [-0.1, -0.05) is 6.58 Å². The molecule has 0 aliphatic rings. The molecule has 0 saturated heterocycles. The van der Waals surface area contributed by atoms with Crippen molar-refractivity contribution in [2.24, 2.45) is 0 Å². The van der Waals surface area contributed by atoms with Gasteiger partial charge in [-0.3, -0.25) is 4.55 Å². The number of allylic oxidation sites excluding steroid dienone is 1. The van der Waals surface area contributed by atoms with E-state index in [0.717, 1.165) is 18.3 Å². The molecule has 100 valence electrons. The van der Waals surface area contributed by atoms with Crippen LogP contribution in [0.1, 0.15) is 12.5 Å². The molecule has 1 aromatic rings. The summed E-state index contributed by atoms with van der Waals surface area (Å²) < 4.78 is 37.0. The van der Waals surface area contributed by atoms with Crippen molar-refractivity contribution in [3.63, 3.8) is 0 Å². The van der Waals surface area contributed by atoms with Gasteiger partial charge < -0.3 is 4.74 Å². The van der Waals surface area contributed by atoms with Crippen LogP contribution < -0.4 is 4.74 Å². The second kappa shape index (κ2) is 6.53. The number of ether oxygens (including phenoxy) is 1. The Labute approximate surface area is 134 Å². The zero-order chi connectivity index (χ0) is 13.9.